The van der Waals surface area contributed by atoms with Crippen LogP contribution in [0.2, 0.25) is 0 Å². The zero-order chi connectivity index (χ0) is 45.6. The molecule has 0 aliphatic carbocycles. The van der Waals surface area contributed by atoms with E-state index in [4.69, 9.17) is 14.2 Å². The van der Waals surface area contributed by atoms with Gasteiger partial charge in [0, 0.05) is 19.5 Å². The molecule has 4 aromatic carbocycles. The zero-order valence-corrected chi connectivity index (χ0v) is 35.0. The number of phenolic OH excluding ortho intramolecular Hbond substituents is 2. The predicted octanol–water partition coefficient (Wildman–Crippen LogP) is 4.94. The highest BCUT2D eigenvalue weighted by atomic mass is 32.2. The van der Waals surface area contributed by atoms with Gasteiger partial charge in [0.1, 0.15) is 40.9 Å². The number of aromatic hydroxyl groups is 2. The number of amides is 4. The van der Waals surface area contributed by atoms with E-state index in [0.29, 0.717) is 58.1 Å². The molecular weight excluding hydrogens is 862 g/mol. The summed E-state index contributed by atoms with van der Waals surface area (Å²) in [5.41, 5.74) is 2.71. The van der Waals surface area contributed by atoms with E-state index < -0.39 is 58.6 Å². The SMILES string of the molecule is O=C(COc1ccc(C2CCC(=O)NC2=O)cc1)NCCCCNC(=O)COc1ccc(N(CC(F)(F)F)S(=O)(=O)C2CC3OC2C(c2ccc(O)cc2)=C3c2ccc(O)cc2)cc1. The second-order valence-electron chi connectivity index (χ2n) is 15.5. The molecule has 2 fully saturated rings. The van der Waals surface area contributed by atoms with E-state index >= 15 is 0 Å². The van der Waals surface area contributed by atoms with Crippen molar-refractivity contribution >= 4 is 50.5 Å². The normalized spacial score (nSPS) is 19.5. The van der Waals surface area contributed by atoms with Crippen LogP contribution in [0, 0.1) is 0 Å². The first-order valence-electron chi connectivity index (χ1n) is 20.4. The van der Waals surface area contributed by atoms with Crippen LogP contribution in [0.3, 0.4) is 0 Å². The maximum atomic E-state index is 14.3. The van der Waals surface area contributed by atoms with Gasteiger partial charge in [0.05, 0.1) is 17.7 Å². The summed E-state index contributed by atoms with van der Waals surface area (Å²) in [7, 11) is -4.75. The molecule has 64 heavy (non-hydrogen) atoms. The Morgan fingerprint density at radius 1 is 0.766 bits per heavy atom. The number of ether oxygens (including phenoxy) is 3. The molecule has 5 N–H and O–H groups in total. The van der Waals surface area contributed by atoms with Crippen molar-refractivity contribution in [2.24, 2.45) is 0 Å². The number of hydrogen-bond acceptors (Lipinski definition) is 11. The fraction of sp³-hybridized carbons (Fsp3) is 0.333. The number of nitrogens with one attached hydrogen (secondary N) is 3. The first kappa shape index (κ1) is 45.4. The lowest BCUT2D eigenvalue weighted by Crippen LogP contribution is -2.47. The van der Waals surface area contributed by atoms with Crippen LogP contribution in [0.1, 0.15) is 54.7 Å². The third kappa shape index (κ3) is 10.9. The number of hydrogen-bond donors (Lipinski definition) is 5. The Balaban J connectivity index is 0.876. The monoisotopic (exact) mass is 906 g/mol. The van der Waals surface area contributed by atoms with E-state index in [1.807, 2.05) is 0 Å². The van der Waals surface area contributed by atoms with Crippen molar-refractivity contribution < 1.29 is 65.2 Å². The zero-order valence-electron chi connectivity index (χ0n) is 34.2. The number of rotatable bonds is 18. The smallest absolute Gasteiger partial charge is 0.407 e. The van der Waals surface area contributed by atoms with Gasteiger partial charge in [0.2, 0.25) is 21.8 Å². The average Bonchev–Trinajstić information content (AvgIpc) is 3.87. The second kappa shape index (κ2) is 19.4. The van der Waals surface area contributed by atoms with Crippen molar-refractivity contribution in [1.29, 1.82) is 0 Å². The van der Waals surface area contributed by atoms with Gasteiger partial charge in [0.25, 0.3) is 11.8 Å². The Labute approximate surface area is 366 Å². The maximum absolute atomic E-state index is 14.3. The molecule has 3 aliphatic heterocycles. The van der Waals surface area contributed by atoms with Crippen molar-refractivity contribution in [3.63, 3.8) is 0 Å². The number of imide groups is 1. The Hall–Kier alpha value is -6.60. The summed E-state index contributed by atoms with van der Waals surface area (Å²) >= 11 is 0. The molecule has 4 aromatic rings. The van der Waals surface area contributed by atoms with Gasteiger partial charge in [0.15, 0.2) is 13.2 Å². The summed E-state index contributed by atoms with van der Waals surface area (Å²) in [6.45, 7) is -1.88. The summed E-state index contributed by atoms with van der Waals surface area (Å²) in [4.78, 5) is 48.2. The van der Waals surface area contributed by atoms with Crippen molar-refractivity contribution in [3.8, 4) is 23.0 Å². The van der Waals surface area contributed by atoms with Gasteiger partial charge in [-0.1, -0.05) is 36.4 Å². The third-order valence-corrected chi connectivity index (χ3v) is 13.2. The molecule has 4 atom stereocenters. The van der Waals surface area contributed by atoms with E-state index in [0.717, 1.165) is 5.56 Å². The van der Waals surface area contributed by atoms with Crippen LogP contribution in [0.4, 0.5) is 18.9 Å². The molecule has 0 aromatic heterocycles. The van der Waals surface area contributed by atoms with Crippen LogP contribution in [0.15, 0.2) is 97.1 Å². The number of halogens is 3. The lowest BCUT2D eigenvalue weighted by atomic mass is 9.83. The van der Waals surface area contributed by atoms with Crippen LogP contribution >= 0.6 is 0 Å². The molecule has 4 unspecified atom stereocenters. The summed E-state index contributed by atoms with van der Waals surface area (Å²) < 4.78 is 88.3. The van der Waals surface area contributed by atoms with Crippen LogP contribution < -0.4 is 29.7 Å². The van der Waals surface area contributed by atoms with Crippen LogP contribution in [-0.4, -0.2) is 98.7 Å². The van der Waals surface area contributed by atoms with Gasteiger partial charge >= 0.3 is 6.18 Å². The summed E-state index contributed by atoms with van der Waals surface area (Å²) in [6, 6.07) is 23.8. The van der Waals surface area contributed by atoms with Gasteiger partial charge in [-0.05, 0) is 114 Å². The molecule has 3 heterocycles. The molecule has 19 heteroatoms. The quantitative estimate of drug-likeness (QED) is 0.0668. The standard InChI is InChI=1S/C45H45F3N4O11S/c46-45(47,48)26-52(64(59,60)37-23-36-41(28-3-11-31(53)12-4-28)42(43(37)63-36)29-5-13-32(54)14-6-29)30-9-17-34(18-10-30)62-25-40(57)50-22-2-1-21-49-39(56)24-61-33-15-7-27(8-16-33)35-19-20-38(55)51-44(35)58/h3-18,35-37,43,53-54H,1-2,19-26H2,(H,49,56)(H,50,57)(H,51,55,58). The molecule has 0 spiro atoms. The minimum Gasteiger partial charge on any atom is -0.508 e. The molecular formula is C45H45F3N4O11S. The summed E-state index contributed by atoms with van der Waals surface area (Å²) in [5, 5.41) is 26.1. The van der Waals surface area contributed by atoms with Crippen molar-refractivity contribution in [3.05, 3.63) is 114 Å². The summed E-state index contributed by atoms with van der Waals surface area (Å²) in [6.07, 6.45) is -5.24. The Bertz CT molecular complexity index is 2480. The lowest BCUT2D eigenvalue weighted by Gasteiger charge is -2.32. The molecule has 338 valence electrons. The number of fused-ring (bicyclic) bond motifs is 2. The molecule has 4 amide bonds. The van der Waals surface area contributed by atoms with E-state index in [9.17, 15) is 51.0 Å². The molecule has 7 rings (SSSR count). The first-order chi connectivity index (χ1) is 30.6. The Kier molecular flexibility index (Phi) is 13.8. The van der Waals surface area contributed by atoms with Gasteiger partial charge in [-0.15, -0.1) is 0 Å². The third-order valence-electron chi connectivity index (χ3n) is 11.0. The topological polar surface area (TPSA) is 210 Å². The number of carbonyl (C=O) groups is 4. The first-order valence-corrected chi connectivity index (χ1v) is 22.0. The number of nitrogens with zero attached hydrogens (tertiary/aromatic N) is 1. The number of sulfonamides is 1. The highest BCUT2D eigenvalue weighted by Crippen LogP contribution is 2.51. The fourth-order valence-electron chi connectivity index (χ4n) is 7.92. The largest absolute Gasteiger partial charge is 0.508 e. The van der Waals surface area contributed by atoms with E-state index in [2.05, 4.69) is 16.0 Å². The molecule has 3 aliphatic rings. The predicted molar refractivity (Wildman–Crippen MR) is 227 cm³/mol. The van der Waals surface area contributed by atoms with Gasteiger partial charge in [-0.3, -0.25) is 28.8 Å². The molecule has 0 radical (unpaired) electrons. The number of piperidine rings is 1. The number of anilines is 1. The van der Waals surface area contributed by atoms with Crippen molar-refractivity contribution in [2.75, 3.05) is 37.2 Å². The number of benzene rings is 4. The lowest BCUT2D eigenvalue weighted by molar-refractivity contribution is -0.134. The molecule has 2 bridgehead atoms. The fourth-order valence-corrected chi connectivity index (χ4v) is 9.92. The van der Waals surface area contributed by atoms with E-state index in [1.165, 1.54) is 48.5 Å². The molecule has 15 nitrogen and oxygen atoms in total. The molecule has 0 saturated carbocycles. The van der Waals surface area contributed by atoms with Gasteiger partial charge < -0.3 is 35.1 Å². The van der Waals surface area contributed by atoms with Crippen LogP contribution in [0.5, 0.6) is 23.0 Å². The molecule has 2 saturated heterocycles. The van der Waals surface area contributed by atoms with Gasteiger partial charge in [-0.2, -0.15) is 13.2 Å². The highest BCUT2D eigenvalue weighted by Gasteiger charge is 2.55. The Morgan fingerprint density at radius 3 is 1.80 bits per heavy atom. The minimum atomic E-state index is -4.91. The number of alkyl halides is 3. The van der Waals surface area contributed by atoms with Crippen molar-refractivity contribution in [1.82, 2.24) is 16.0 Å². The summed E-state index contributed by atoms with van der Waals surface area (Å²) in [5.74, 6) is -1.37. The van der Waals surface area contributed by atoms with Crippen LogP contribution in [-0.2, 0) is 33.9 Å². The van der Waals surface area contributed by atoms with Crippen LogP contribution in [0.25, 0.3) is 11.1 Å². The van der Waals surface area contributed by atoms with Crippen molar-refractivity contribution in [2.45, 2.75) is 61.7 Å². The maximum Gasteiger partial charge on any atom is 0.407 e. The van der Waals surface area contributed by atoms with Gasteiger partial charge in [-0.25, -0.2) is 8.42 Å². The second-order valence-corrected chi connectivity index (χ2v) is 17.5. The Morgan fingerprint density at radius 2 is 1.28 bits per heavy atom. The average molecular weight is 907 g/mol. The highest BCUT2D eigenvalue weighted by molar-refractivity contribution is 7.93. The van der Waals surface area contributed by atoms with E-state index in [-0.39, 0.29) is 66.7 Å². The minimum absolute atomic E-state index is 0.00944. The number of unbranched alkanes of at least 4 members (excludes halogenated alkanes) is 1. The van der Waals surface area contributed by atoms with E-state index in [1.54, 1.807) is 48.5 Å². The number of phenols is 2. The number of carbonyl (C=O) groups excluding carboxylic acids is 4.